The highest BCUT2D eigenvalue weighted by atomic mass is 16.1. The topological polar surface area (TPSA) is 57.8 Å². The van der Waals surface area contributed by atoms with Crippen molar-refractivity contribution in [3.8, 4) is 11.3 Å². The van der Waals surface area contributed by atoms with Crippen LogP contribution < -0.4 is 5.32 Å². The first-order valence-corrected chi connectivity index (χ1v) is 8.10. The number of nitrogens with one attached hydrogen (secondary N) is 2. The van der Waals surface area contributed by atoms with Crippen LogP contribution in [0.25, 0.3) is 11.3 Å². The largest absolute Gasteiger partial charge is 0.352 e. The maximum absolute atomic E-state index is 12.5. The van der Waals surface area contributed by atoms with E-state index < -0.39 is 0 Å². The van der Waals surface area contributed by atoms with E-state index in [0.29, 0.717) is 18.0 Å². The van der Waals surface area contributed by atoms with Gasteiger partial charge in [-0.25, -0.2) is 0 Å². The summed E-state index contributed by atoms with van der Waals surface area (Å²) in [5.74, 6) is 0.422. The van der Waals surface area contributed by atoms with E-state index in [9.17, 15) is 4.79 Å². The number of rotatable bonds is 4. The van der Waals surface area contributed by atoms with Crippen LogP contribution in [0.3, 0.4) is 0 Å². The van der Waals surface area contributed by atoms with E-state index in [2.05, 4.69) is 29.4 Å². The molecule has 4 nitrogen and oxygen atoms in total. The predicted octanol–water partition coefficient (Wildman–Crippen LogP) is 3.34. The number of amides is 1. The molecule has 0 bridgehead atoms. The lowest BCUT2D eigenvalue weighted by atomic mass is 9.92. The van der Waals surface area contributed by atoms with Crippen LogP contribution in [0, 0.1) is 5.92 Å². The molecule has 1 aliphatic carbocycles. The third-order valence-electron chi connectivity index (χ3n) is 4.15. The van der Waals surface area contributed by atoms with Crippen molar-refractivity contribution in [2.24, 2.45) is 5.92 Å². The monoisotopic (exact) mass is 297 g/mol. The molecule has 0 radical (unpaired) electrons. The van der Waals surface area contributed by atoms with Crippen LogP contribution >= 0.6 is 0 Å². The zero-order chi connectivity index (χ0) is 15.5. The molecule has 0 saturated carbocycles. The summed E-state index contributed by atoms with van der Waals surface area (Å²) in [5.41, 5.74) is 5.12. The number of nitrogens with zero attached hydrogens (tertiary/aromatic N) is 1. The third kappa shape index (κ3) is 2.91. The van der Waals surface area contributed by atoms with E-state index in [1.807, 2.05) is 24.3 Å². The second-order valence-corrected chi connectivity index (χ2v) is 6.39. The number of aromatic amines is 1. The molecule has 0 spiro atoms. The lowest BCUT2D eigenvalue weighted by molar-refractivity contribution is 0.0949. The average molecular weight is 297 g/mol. The van der Waals surface area contributed by atoms with Crippen LogP contribution in [-0.2, 0) is 12.8 Å². The van der Waals surface area contributed by atoms with E-state index in [0.717, 1.165) is 24.1 Å². The molecule has 1 amide bonds. The second-order valence-electron chi connectivity index (χ2n) is 6.39. The molecule has 22 heavy (non-hydrogen) atoms. The second kappa shape index (κ2) is 6.34. The number of aromatic nitrogens is 2. The number of carbonyl (C=O) groups is 1. The van der Waals surface area contributed by atoms with Crippen molar-refractivity contribution in [2.45, 2.75) is 39.5 Å². The number of hydrogen-bond donors (Lipinski definition) is 2. The minimum absolute atomic E-state index is 0.0168. The number of carbonyl (C=O) groups excluding carboxylic acids is 1. The summed E-state index contributed by atoms with van der Waals surface area (Å²) in [4.78, 5) is 12.5. The van der Waals surface area contributed by atoms with Crippen molar-refractivity contribution in [1.82, 2.24) is 15.5 Å². The van der Waals surface area contributed by atoms with Crippen molar-refractivity contribution in [3.05, 3.63) is 41.1 Å². The molecule has 1 heterocycles. The smallest absolute Gasteiger partial charge is 0.251 e. The van der Waals surface area contributed by atoms with Crippen molar-refractivity contribution in [2.75, 3.05) is 6.54 Å². The molecule has 116 valence electrons. The maximum Gasteiger partial charge on any atom is 0.251 e. The first kappa shape index (κ1) is 14.8. The molecule has 2 aromatic rings. The fourth-order valence-electron chi connectivity index (χ4n) is 2.98. The Bertz CT molecular complexity index is 673. The van der Waals surface area contributed by atoms with Gasteiger partial charge < -0.3 is 5.32 Å². The van der Waals surface area contributed by atoms with Crippen LogP contribution in [0.1, 0.15) is 48.3 Å². The lowest BCUT2D eigenvalue weighted by Gasteiger charge is -2.14. The van der Waals surface area contributed by atoms with E-state index in [4.69, 9.17) is 0 Å². The quantitative estimate of drug-likeness (QED) is 0.909. The fraction of sp³-hybridized carbons (Fsp3) is 0.444. The Balaban J connectivity index is 1.95. The van der Waals surface area contributed by atoms with Crippen molar-refractivity contribution in [1.29, 1.82) is 0 Å². The number of hydrogen-bond acceptors (Lipinski definition) is 2. The van der Waals surface area contributed by atoms with Gasteiger partial charge in [0.15, 0.2) is 0 Å². The van der Waals surface area contributed by atoms with Gasteiger partial charge in [0.25, 0.3) is 5.91 Å². The Hall–Kier alpha value is -2.10. The molecule has 2 N–H and O–H groups in total. The standard InChI is InChI=1S/C18H23N3O/c1-12(2)11-19-18(22)14-8-4-3-7-13(14)17-15-9-5-6-10-16(15)20-21-17/h3-4,7-8,12H,5-6,9-11H2,1-2H3,(H,19,22)(H,20,21). The summed E-state index contributed by atoms with van der Waals surface area (Å²) in [5, 5.41) is 10.7. The molecule has 1 aromatic carbocycles. The SMILES string of the molecule is CC(C)CNC(=O)c1ccccc1-c1n[nH]c2c1CCCC2. The molecular formula is C18H23N3O. The normalized spacial score (nSPS) is 14.0. The van der Waals surface area contributed by atoms with Gasteiger partial charge in [0.1, 0.15) is 0 Å². The Morgan fingerprint density at radius 1 is 1.27 bits per heavy atom. The van der Waals surface area contributed by atoms with Gasteiger partial charge in [0.2, 0.25) is 0 Å². The van der Waals surface area contributed by atoms with Crippen molar-refractivity contribution < 1.29 is 4.79 Å². The summed E-state index contributed by atoms with van der Waals surface area (Å²) < 4.78 is 0. The van der Waals surface area contributed by atoms with Gasteiger partial charge in [-0.1, -0.05) is 32.0 Å². The number of aryl methyl sites for hydroxylation is 1. The van der Waals surface area contributed by atoms with Gasteiger partial charge in [0, 0.05) is 28.9 Å². The van der Waals surface area contributed by atoms with Crippen LogP contribution in [0.15, 0.2) is 24.3 Å². The van der Waals surface area contributed by atoms with Crippen molar-refractivity contribution >= 4 is 5.91 Å². The third-order valence-corrected chi connectivity index (χ3v) is 4.15. The van der Waals surface area contributed by atoms with Gasteiger partial charge in [-0.05, 0) is 37.7 Å². The van der Waals surface area contributed by atoms with E-state index in [-0.39, 0.29) is 5.91 Å². The van der Waals surface area contributed by atoms with Crippen LogP contribution in [0.5, 0.6) is 0 Å². The molecule has 0 atom stereocenters. The summed E-state index contributed by atoms with van der Waals surface area (Å²) in [7, 11) is 0. The Labute approximate surface area is 131 Å². The average Bonchev–Trinajstić information content (AvgIpc) is 2.96. The summed E-state index contributed by atoms with van der Waals surface area (Å²) in [6, 6.07) is 7.76. The molecule has 0 aliphatic heterocycles. The van der Waals surface area contributed by atoms with Gasteiger partial charge >= 0.3 is 0 Å². The van der Waals surface area contributed by atoms with Crippen LogP contribution in [-0.4, -0.2) is 22.6 Å². The fourth-order valence-corrected chi connectivity index (χ4v) is 2.98. The molecule has 4 heteroatoms. The number of fused-ring (bicyclic) bond motifs is 1. The molecular weight excluding hydrogens is 274 g/mol. The first-order chi connectivity index (χ1) is 10.7. The Morgan fingerprint density at radius 3 is 2.86 bits per heavy atom. The highest BCUT2D eigenvalue weighted by Gasteiger charge is 2.21. The first-order valence-electron chi connectivity index (χ1n) is 8.10. The van der Waals surface area contributed by atoms with Crippen LogP contribution in [0.4, 0.5) is 0 Å². The lowest BCUT2D eigenvalue weighted by Crippen LogP contribution is -2.27. The van der Waals surface area contributed by atoms with E-state index in [1.54, 1.807) is 0 Å². The zero-order valence-corrected chi connectivity index (χ0v) is 13.3. The maximum atomic E-state index is 12.5. The number of benzene rings is 1. The minimum atomic E-state index is -0.0168. The highest BCUT2D eigenvalue weighted by Crippen LogP contribution is 2.31. The Morgan fingerprint density at radius 2 is 2.05 bits per heavy atom. The molecule has 0 fully saturated rings. The highest BCUT2D eigenvalue weighted by molar-refractivity contribution is 6.00. The van der Waals surface area contributed by atoms with E-state index >= 15 is 0 Å². The van der Waals surface area contributed by atoms with Crippen LogP contribution in [0.2, 0.25) is 0 Å². The zero-order valence-electron chi connectivity index (χ0n) is 13.3. The van der Waals surface area contributed by atoms with Gasteiger partial charge in [-0.2, -0.15) is 5.10 Å². The molecule has 1 aromatic heterocycles. The number of H-pyrrole nitrogens is 1. The van der Waals surface area contributed by atoms with Gasteiger partial charge in [-0.3, -0.25) is 9.89 Å². The van der Waals surface area contributed by atoms with Crippen molar-refractivity contribution in [3.63, 3.8) is 0 Å². The van der Waals surface area contributed by atoms with E-state index in [1.165, 1.54) is 24.1 Å². The minimum Gasteiger partial charge on any atom is -0.352 e. The molecule has 1 aliphatic rings. The summed E-state index contributed by atoms with van der Waals surface area (Å²) in [6.07, 6.45) is 4.51. The predicted molar refractivity (Wildman–Crippen MR) is 87.8 cm³/mol. The van der Waals surface area contributed by atoms with Gasteiger partial charge in [-0.15, -0.1) is 0 Å². The summed E-state index contributed by atoms with van der Waals surface area (Å²) >= 11 is 0. The molecule has 0 unspecified atom stereocenters. The van der Waals surface area contributed by atoms with Gasteiger partial charge in [0.05, 0.1) is 5.69 Å². The Kier molecular flexibility index (Phi) is 4.27. The summed E-state index contributed by atoms with van der Waals surface area (Å²) in [6.45, 7) is 4.87. The molecule has 3 rings (SSSR count). The molecule has 0 saturated heterocycles.